The minimum absolute atomic E-state index is 0.196. The zero-order valence-electron chi connectivity index (χ0n) is 13.6. The maximum atomic E-state index is 12.5. The Hall–Kier alpha value is -2.67. The normalized spacial score (nSPS) is 12.2. The highest BCUT2D eigenvalue weighted by Crippen LogP contribution is 2.24. The molecule has 124 valence electrons. The van der Waals surface area contributed by atoms with Crippen LogP contribution in [0.25, 0.3) is 5.69 Å². The van der Waals surface area contributed by atoms with Gasteiger partial charge in [-0.05, 0) is 45.0 Å². The molecule has 0 spiro atoms. The van der Waals surface area contributed by atoms with Gasteiger partial charge in [0.2, 0.25) is 5.91 Å². The van der Waals surface area contributed by atoms with Crippen LogP contribution in [0.5, 0.6) is 0 Å². The first-order valence-corrected chi connectivity index (χ1v) is 7.82. The standard InChI is InChI=1S/C16H17ClN6O/c1-10-11(2)21-23(14-6-4-13(17)5-7-14)15(10)20-16(24)12(3)22-9-18-8-19-22/h4-9,12H,1-3H3,(H,20,24). The van der Waals surface area contributed by atoms with Crippen LogP contribution in [0.4, 0.5) is 5.82 Å². The van der Waals surface area contributed by atoms with Crippen molar-refractivity contribution in [3.8, 4) is 5.69 Å². The van der Waals surface area contributed by atoms with Gasteiger partial charge in [-0.3, -0.25) is 4.79 Å². The second kappa shape index (κ2) is 6.45. The van der Waals surface area contributed by atoms with Crippen LogP contribution in [0.3, 0.4) is 0 Å². The Bertz CT molecular complexity index is 854. The monoisotopic (exact) mass is 344 g/mol. The summed E-state index contributed by atoms with van der Waals surface area (Å²) >= 11 is 5.94. The zero-order chi connectivity index (χ0) is 17.3. The van der Waals surface area contributed by atoms with E-state index in [4.69, 9.17) is 11.6 Å². The Morgan fingerprint density at radius 2 is 1.96 bits per heavy atom. The van der Waals surface area contributed by atoms with Crippen LogP contribution >= 0.6 is 11.6 Å². The molecule has 0 aliphatic heterocycles. The van der Waals surface area contributed by atoms with E-state index in [0.717, 1.165) is 16.9 Å². The van der Waals surface area contributed by atoms with Crippen molar-refractivity contribution in [2.45, 2.75) is 26.8 Å². The fourth-order valence-corrected chi connectivity index (χ4v) is 2.41. The Kier molecular flexibility index (Phi) is 4.35. The van der Waals surface area contributed by atoms with Crippen LogP contribution in [0, 0.1) is 13.8 Å². The molecule has 0 radical (unpaired) electrons. The molecule has 0 saturated carbocycles. The number of aryl methyl sites for hydroxylation is 1. The third kappa shape index (κ3) is 3.03. The number of rotatable bonds is 4. The highest BCUT2D eigenvalue weighted by Gasteiger charge is 2.20. The molecule has 0 aliphatic rings. The van der Waals surface area contributed by atoms with Crippen molar-refractivity contribution >= 4 is 23.3 Å². The summed E-state index contributed by atoms with van der Waals surface area (Å²) < 4.78 is 3.20. The van der Waals surface area contributed by atoms with E-state index in [1.54, 1.807) is 23.7 Å². The van der Waals surface area contributed by atoms with Gasteiger partial charge in [-0.25, -0.2) is 14.3 Å². The van der Waals surface area contributed by atoms with Gasteiger partial charge >= 0.3 is 0 Å². The minimum Gasteiger partial charge on any atom is -0.308 e. The van der Waals surface area contributed by atoms with Crippen molar-refractivity contribution in [3.63, 3.8) is 0 Å². The molecule has 0 bridgehead atoms. The van der Waals surface area contributed by atoms with Gasteiger partial charge in [0.15, 0.2) is 0 Å². The molecule has 1 unspecified atom stereocenters. The van der Waals surface area contributed by atoms with Crippen LogP contribution < -0.4 is 5.32 Å². The van der Waals surface area contributed by atoms with Gasteiger partial charge < -0.3 is 5.32 Å². The summed E-state index contributed by atoms with van der Waals surface area (Å²) in [4.78, 5) is 16.4. The first-order chi connectivity index (χ1) is 11.5. The highest BCUT2D eigenvalue weighted by atomic mass is 35.5. The molecule has 0 saturated heterocycles. The van der Waals surface area contributed by atoms with E-state index >= 15 is 0 Å². The lowest BCUT2D eigenvalue weighted by molar-refractivity contribution is -0.119. The molecule has 0 fully saturated rings. The van der Waals surface area contributed by atoms with Crippen LogP contribution in [0.2, 0.25) is 5.02 Å². The SMILES string of the molecule is Cc1nn(-c2ccc(Cl)cc2)c(NC(=O)C(C)n2cncn2)c1C. The topological polar surface area (TPSA) is 77.6 Å². The number of aromatic nitrogens is 5. The van der Waals surface area contributed by atoms with Gasteiger partial charge in [0.1, 0.15) is 24.5 Å². The number of anilines is 1. The van der Waals surface area contributed by atoms with Gasteiger partial charge in [-0.1, -0.05) is 11.6 Å². The van der Waals surface area contributed by atoms with E-state index < -0.39 is 6.04 Å². The van der Waals surface area contributed by atoms with E-state index in [1.165, 1.54) is 17.3 Å². The zero-order valence-corrected chi connectivity index (χ0v) is 14.3. The van der Waals surface area contributed by atoms with Crippen molar-refractivity contribution in [2.75, 3.05) is 5.32 Å². The molecule has 2 heterocycles. The number of carbonyl (C=O) groups excluding carboxylic acids is 1. The number of nitrogens with zero attached hydrogens (tertiary/aromatic N) is 5. The molecule has 1 amide bonds. The van der Waals surface area contributed by atoms with Crippen LogP contribution in [-0.2, 0) is 4.79 Å². The van der Waals surface area contributed by atoms with Crippen LogP contribution in [-0.4, -0.2) is 30.5 Å². The molecule has 7 nitrogen and oxygen atoms in total. The van der Waals surface area contributed by atoms with Crippen molar-refractivity contribution in [2.24, 2.45) is 0 Å². The molecule has 0 aliphatic carbocycles. The second-order valence-electron chi connectivity index (χ2n) is 5.49. The predicted octanol–water partition coefficient (Wildman–Crippen LogP) is 2.93. The number of nitrogens with one attached hydrogen (secondary N) is 1. The van der Waals surface area contributed by atoms with E-state index in [1.807, 2.05) is 26.0 Å². The number of benzene rings is 1. The van der Waals surface area contributed by atoms with Gasteiger partial charge in [0.25, 0.3) is 0 Å². The van der Waals surface area contributed by atoms with Gasteiger partial charge in [0, 0.05) is 10.6 Å². The first-order valence-electron chi connectivity index (χ1n) is 7.44. The van der Waals surface area contributed by atoms with E-state index in [9.17, 15) is 4.79 Å². The molecule has 3 aromatic rings. The van der Waals surface area contributed by atoms with Crippen LogP contribution in [0.15, 0.2) is 36.9 Å². The van der Waals surface area contributed by atoms with Crippen molar-refractivity contribution in [1.29, 1.82) is 0 Å². The molecular formula is C16H17ClN6O. The number of carbonyl (C=O) groups is 1. The summed E-state index contributed by atoms with van der Waals surface area (Å²) in [5.41, 5.74) is 2.57. The van der Waals surface area contributed by atoms with Gasteiger partial charge in [-0.15, -0.1) is 0 Å². The fraction of sp³-hybridized carbons (Fsp3) is 0.250. The minimum atomic E-state index is -0.485. The third-order valence-corrected chi connectivity index (χ3v) is 4.14. The Morgan fingerprint density at radius 3 is 2.58 bits per heavy atom. The Balaban J connectivity index is 1.93. The maximum absolute atomic E-state index is 12.5. The van der Waals surface area contributed by atoms with Gasteiger partial charge in [-0.2, -0.15) is 10.2 Å². The average molecular weight is 345 g/mol. The summed E-state index contributed by atoms with van der Waals surface area (Å²) in [5.74, 6) is 0.436. The number of hydrogen-bond acceptors (Lipinski definition) is 4. The number of halogens is 1. The van der Waals surface area contributed by atoms with Crippen molar-refractivity contribution < 1.29 is 4.79 Å². The molecular weight excluding hydrogens is 328 g/mol. The summed E-state index contributed by atoms with van der Waals surface area (Å²) in [6, 6.07) is 6.79. The van der Waals surface area contributed by atoms with E-state index in [0.29, 0.717) is 10.8 Å². The Morgan fingerprint density at radius 1 is 1.25 bits per heavy atom. The molecule has 1 aromatic carbocycles. The average Bonchev–Trinajstić information content (AvgIpc) is 3.19. The van der Waals surface area contributed by atoms with Crippen molar-refractivity contribution in [1.82, 2.24) is 24.5 Å². The fourth-order valence-electron chi connectivity index (χ4n) is 2.28. The molecule has 1 atom stereocenters. The smallest absolute Gasteiger partial charge is 0.250 e. The summed E-state index contributed by atoms with van der Waals surface area (Å²) in [7, 11) is 0. The number of hydrogen-bond donors (Lipinski definition) is 1. The quantitative estimate of drug-likeness (QED) is 0.789. The summed E-state index contributed by atoms with van der Waals surface area (Å²) in [6.45, 7) is 5.58. The van der Waals surface area contributed by atoms with E-state index in [2.05, 4.69) is 20.5 Å². The maximum Gasteiger partial charge on any atom is 0.250 e. The predicted molar refractivity (Wildman–Crippen MR) is 91.4 cm³/mol. The first kappa shape index (κ1) is 16.2. The Labute approximate surface area is 144 Å². The third-order valence-electron chi connectivity index (χ3n) is 3.89. The molecule has 8 heteroatoms. The molecule has 3 rings (SSSR count). The largest absolute Gasteiger partial charge is 0.308 e. The number of amides is 1. The lowest BCUT2D eigenvalue weighted by Gasteiger charge is -2.14. The van der Waals surface area contributed by atoms with Gasteiger partial charge in [0.05, 0.1) is 11.4 Å². The lowest BCUT2D eigenvalue weighted by atomic mass is 10.2. The molecule has 1 N–H and O–H groups in total. The second-order valence-corrected chi connectivity index (χ2v) is 5.92. The molecule has 24 heavy (non-hydrogen) atoms. The van der Waals surface area contributed by atoms with E-state index in [-0.39, 0.29) is 5.91 Å². The molecule has 2 aromatic heterocycles. The summed E-state index contributed by atoms with van der Waals surface area (Å²) in [6.07, 6.45) is 2.91. The highest BCUT2D eigenvalue weighted by molar-refractivity contribution is 6.30. The summed E-state index contributed by atoms with van der Waals surface area (Å²) in [5, 5.41) is 12.1. The van der Waals surface area contributed by atoms with Crippen LogP contribution in [0.1, 0.15) is 24.2 Å². The lowest BCUT2D eigenvalue weighted by Crippen LogP contribution is -2.25. The van der Waals surface area contributed by atoms with Crippen molar-refractivity contribution in [3.05, 3.63) is 53.2 Å².